The molecule has 0 aromatic rings. The maximum atomic E-state index is 5.72. The normalized spacial score (nSPS) is 37.4. The first kappa shape index (κ1) is 26.7. The lowest BCUT2D eigenvalue weighted by Gasteiger charge is -2.45. The number of ether oxygens (including phenoxy) is 2. The smallest absolute Gasteiger partial charge is 0.0818 e. The van der Waals surface area contributed by atoms with Crippen molar-refractivity contribution in [3.8, 4) is 0 Å². The molecule has 2 nitrogen and oxygen atoms in total. The first-order valence-corrected chi connectivity index (χ1v) is 13.7. The minimum atomic E-state index is -0.00482. The molecule has 3 aliphatic rings. The maximum absolute atomic E-state index is 5.72. The lowest BCUT2D eigenvalue weighted by Crippen LogP contribution is -2.37. The Bertz CT molecular complexity index is 744. The summed E-state index contributed by atoms with van der Waals surface area (Å²) >= 11 is 0. The van der Waals surface area contributed by atoms with Crippen LogP contribution in [0.25, 0.3) is 0 Å². The molecule has 0 spiro atoms. The molecular weight excluding hydrogens is 404 g/mol. The highest BCUT2D eigenvalue weighted by Gasteiger charge is 2.51. The van der Waals surface area contributed by atoms with Gasteiger partial charge in [-0.15, -0.1) is 0 Å². The van der Waals surface area contributed by atoms with Crippen LogP contribution in [0.2, 0.25) is 0 Å². The van der Waals surface area contributed by atoms with E-state index in [-0.39, 0.29) is 11.7 Å². The van der Waals surface area contributed by atoms with E-state index in [0.717, 1.165) is 42.9 Å². The molecule has 3 aliphatic carbocycles. The van der Waals surface area contributed by atoms with Crippen LogP contribution in [0.4, 0.5) is 0 Å². The Labute approximate surface area is 205 Å². The minimum absolute atomic E-state index is 0.00482. The zero-order valence-electron chi connectivity index (χ0n) is 23.0. The highest BCUT2D eigenvalue weighted by Crippen LogP contribution is 2.60. The summed E-state index contributed by atoms with van der Waals surface area (Å²) in [5, 5.41) is 0. The van der Waals surface area contributed by atoms with Crippen molar-refractivity contribution in [2.45, 2.75) is 111 Å². The van der Waals surface area contributed by atoms with E-state index >= 15 is 0 Å². The summed E-state index contributed by atoms with van der Waals surface area (Å²) in [5.41, 5.74) is 5.00. The number of methoxy groups -OCH3 is 2. The van der Waals surface area contributed by atoms with E-state index in [0.29, 0.717) is 11.3 Å². The molecular formula is C31H52O2. The molecule has 0 aliphatic heterocycles. The maximum Gasteiger partial charge on any atom is 0.0818 e. The fourth-order valence-electron chi connectivity index (χ4n) is 7.37. The van der Waals surface area contributed by atoms with E-state index in [1.807, 2.05) is 14.2 Å². The predicted molar refractivity (Wildman–Crippen MR) is 141 cm³/mol. The first-order valence-electron chi connectivity index (χ1n) is 13.7. The van der Waals surface area contributed by atoms with Gasteiger partial charge in [0.25, 0.3) is 0 Å². The Hall–Kier alpha value is -0.860. The average Bonchev–Trinajstić information content (AvgIpc) is 3.15. The van der Waals surface area contributed by atoms with Crippen LogP contribution >= 0.6 is 0 Å². The molecule has 0 N–H and O–H groups in total. The highest BCUT2D eigenvalue weighted by atomic mass is 16.5. The summed E-state index contributed by atoms with van der Waals surface area (Å²) in [6, 6.07) is 0. The topological polar surface area (TPSA) is 18.5 Å². The van der Waals surface area contributed by atoms with Crippen molar-refractivity contribution >= 4 is 0 Å². The second kappa shape index (κ2) is 10.8. The van der Waals surface area contributed by atoms with E-state index < -0.39 is 0 Å². The average molecular weight is 457 g/mol. The summed E-state index contributed by atoms with van der Waals surface area (Å²) in [7, 11) is 3.68. The van der Waals surface area contributed by atoms with Crippen LogP contribution in [0.15, 0.2) is 35.5 Å². The van der Waals surface area contributed by atoms with Gasteiger partial charge in [0.15, 0.2) is 0 Å². The van der Waals surface area contributed by atoms with Gasteiger partial charge in [-0.2, -0.15) is 0 Å². The predicted octanol–water partition coefficient (Wildman–Crippen LogP) is 8.53. The zero-order chi connectivity index (χ0) is 24.4. The van der Waals surface area contributed by atoms with Crippen molar-refractivity contribution < 1.29 is 9.47 Å². The first-order chi connectivity index (χ1) is 15.5. The van der Waals surface area contributed by atoms with Crippen molar-refractivity contribution in [3.63, 3.8) is 0 Å². The Morgan fingerprint density at radius 1 is 1.15 bits per heavy atom. The van der Waals surface area contributed by atoms with Crippen LogP contribution in [-0.4, -0.2) is 25.9 Å². The highest BCUT2D eigenvalue weighted by molar-refractivity contribution is 5.29. The molecule has 0 bridgehead atoms. The molecule has 3 saturated carbocycles. The van der Waals surface area contributed by atoms with Crippen LogP contribution in [0.1, 0.15) is 99.3 Å². The van der Waals surface area contributed by atoms with Crippen LogP contribution in [0, 0.1) is 35.0 Å². The molecule has 0 saturated heterocycles. The number of fused-ring (bicyclic) bond motifs is 1. The summed E-state index contributed by atoms with van der Waals surface area (Å²) in [4.78, 5) is 0. The fraction of sp³-hybridized carbons (Fsp3) is 0.806. The zero-order valence-corrected chi connectivity index (χ0v) is 23.0. The molecule has 0 aromatic heterocycles. The van der Waals surface area contributed by atoms with Crippen molar-refractivity contribution in [2.24, 2.45) is 35.0 Å². The van der Waals surface area contributed by atoms with Crippen LogP contribution in [-0.2, 0) is 9.47 Å². The third-order valence-electron chi connectivity index (χ3n) is 10.2. The van der Waals surface area contributed by atoms with Gasteiger partial charge in [-0.25, -0.2) is 0 Å². The van der Waals surface area contributed by atoms with Gasteiger partial charge in [-0.1, -0.05) is 57.6 Å². The summed E-state index contributed by atoms with van der Waals surface area (Å²) in [6.45, 7) is 18.7. The lowest BCUT2D eigenvalue weighted by molar-refractivity contribution is 0.00451. The van der Waals surface area contributed by atoms with Gasteiger partial charge >= 0.3 is 0 Å². The van der Waals surface area contributed by atoms with Crippen molar-refractivity contribution in [1.82, 2.24) is 0 Å². The van der Waals surface area contributed by atoms with Gasteiger partial charge in [0.1, 0.15) is 0 Å². The minimum Gasteiger partial charge on any atom is -0.379 e. The third kappa shape index (κ3) is 5.87. The third-order valence-corrected chi connectivity index (χ3v) is 10.2. The quantitative estimate of drug-likeness (QED) is 0.341. The van der Waals surface area contributed by atoms with Gasteiger partial charge in [0.2, 0.25) is 0 Å². The van der Waals surface area contributed by atoms with Crippen molar-refractivity contribution in [1.29, 1.82) is 0 Å². The molecule has 0 amide bonds. The van der Waals surface area contributed by atoms with E-state index in [1.54, 1.807) is 11.1 Å². The van der Waals surface area contributed by atoms with Crippen molar-refractivity contribution in [3.05, 3.63) is 35.5 Å². The second-order valence-corrected chi connectivity index (χ2v) is 12.6. The van der Waals surface area contributed by atoms with E-state index in [2.05, 4.69) is 60.3 Å². The van der Waals surface area contributed by atoms with Gasteiger partial charge in [-0.3, -0.25) is 0 Å². The Morgan fingerprint density at radius 2 is 1.88 bits per heavy atom. The van der Waals surface area contributed by atoms with E-state index in [1.165, 1.54) is 44.1 Å². The van der Waals surface area contributed by atoms with Gasteiger partial charge in [0.05, 0.1) is 11.7 Å². The van der Waals surface area contributed by atoms with Crippen molar-refractivity contribution in [2.75, 3.05) is 14.2 Å². The Morgan fingerprint density at radius 3 is 2.55 bits per heavy atom. The Balaban J connectivity index is 1.70. The molecule has 2 heteroatoms. The second-order valence-electron chi connectivity index (χ2n) is 12.6. The number of rotatable bonds is 8. The summed E-state index contributed by atoms with van der Waals surface area (Å²) < 4.78 is 11.4. The SMILES string of the molecule is C=C1[C@H](C)C/C(=C/C=C2\CCC[C@@]3(C)C2CCC3C(C)C(C)CCC(C)(C)OC)C[C@H]1OC. The van der Waals surface area contributed by atoms with Gasteiger partial charge in [-0.05, 0) is 112 Å². The number of allylic oxidation sites excluding steroid dienone is 3. The summed E-state index contributed by atoms with van der Waals surface area (Å²) in [5.74, 6) is 3.66. The molecule has 0 radical (unpaired) electrons. The largest absolute Gasteiger partial charge is 0.379 e. The fourth-order valence-corrected chi connectivity index (χ4v) is 7.37. The molecule has 0 aromatic carbocycles. The number of hydrogen-bond donors (Lipinski definition) is 0. The monoisotopic (exact) mass is 456 g/mol. The van der Waals surface area contributed by atoms with Crippen LogP contribution < -0.4 is 0 Å². The van der Waals surface area contributed by atoms with E-state index in [9.17, 15) is 0 Å². The number of hydrogen-bond acceptors (Lipinski definition) is 2. The van der Waals surface area contributed by atoms with Gasteiger partial charge < -0.3 is 9.47 Å². The molecule has 7 atom stereocenters. The Kier molecular flexibility index (Phi) is 8.76. The van der Waals surface area contributed by atoms with E-state index in [4.69, 9.17) is 9.47 Å². The molecule has 4 unspecified atom stereocenters. The van der Waals surface area contributed by atoms with Gasteiger partial charge in [0, 0.05) is 14.2 Å². The molecule has 0 heterocycles. The summed E-state index contributed by atoms with van der Waals surface area (Å²) in [6.07, 6.45) is 16.6. The molecule has 188 valence electrons. The molecule has 3 fully saturated rings. The standard InChI is InChI=1S/C31H52O2/c1-21(16-18-30(5,6)33-9)23(3)27-14-15-28-26(11-10-17-31(27,28)7)13-12-25-19-22(2)24(4)29(20-25)32-8/h12-13,21-23,27-29H,4,10-11,14-20H2,1-3,5-9H3/b25-12-,26-13+/t21?,22-,23?,27?,28?,29-,31-/m1/s1. The van der Waals surface area contributed by atoms with Crippen LogP contribution in [0.5, 0.6) is 0 Å². The molecule has 3 rings (SSSR count). The lowest BCUT2D eigenvalue weighted by atomic mass is 9.59. The molecule has 33 heavy (non-hydrogen) atoms. The van der Waals surface area contributed by atoms with Crippen LogP contribution in [0.3, 0.4) is 0 Å².